The minimum absolute atomic E-state index is 1.13. The minimum atomic E-state index is -1.13. The zero-order valence-corrected chi connectivity index (χ0v) is 5.20. The van der Waals surface area contributed by atoms with Gasteiger partial charge >= 0.3 is 7.57 Å². The van der Waals surface area contributed by atoms with Crippen LogP contribution >= 0.6 is 7.14 Å². The molecule has 0 aliphatic rings. The predicted molar refractivity (Wildman–Crippen MR) is 34.7 cm³/mol. The van der Waals surface area contributed by atoms with Crippen molar-refractivity contribution in [2.45, 2.75) is 0 Å². The Kier molecular flexibility index (Phi) is 1.86. The molecule has 0 heterocycles. The van der Waals surface area contributed by atoms with Crippen molar-refractivity contribution in [3.63, 3.8) is 0 Å². The molecular weight excluding hydrogens is 89.8 g/mol. The smallest absolute Gasteiger partial charge is 0.0658 e. The second kappa shape index (κ2) is 1.79. The van der Waals surface area contributed by atoms with Crippen LogP contribution in [0.3, 0.4) is 0 Å². The Morgan fingerprint density at radius 3 is 1.83 bits per heavy atom. The number of rotatable bonds is 1. The molecule has 0 aliphatic heterocycles. The lowest BCUT2D eigenvalue weighted by Gasteiger charge is -1.99. The van der Waals surface area contributed by atoms with Crippen LogP contribution in [0.15, 0.2) is 12.4 Å². The first-order valence-electron chi connectivity index (χ1n) is 1.82. The maximum atomic E-state index is 5.53. The third-order valence-electron chi connectivity index (χ3n) is 0.471. The van der Waals surface area contributed by atoms with Gasteiger partial charge in [0.2, 0.25) is 0 Å². The van der Waals surface area contributed by atoms with E-state index in [4.69, 9.17) is 7.57 Å². The van der Waals surface area contributed by atoms with E-state index >= 15 is 0 Å². The predicted octanol–water partition coefficient (Wildman–Crippen LogP) is 1.49. The Morgan fingerprint density at radius 2 is 1.83 bits per heavy atom. The van der Waals surface area contributed by atoms with E-state index in [-0.39, 0.29) is 0 Å². The van der Waals surface area contributed by atoms with Crippen LogP contribution in [0.5, 0.6) is 0 Å². The monoisotopic (exact) mass is 99.1 g/mol. The summed E-state index contributed by atoms with van der Waals surface area (Å²) in [5, 5.41) is 0. The maximum Gasteiger partial charge on any atom is 0.369 e. The van der Waals surface area contributed by atoms with Gasteiger partial charge in [0.1, 0.15) is 0 Å². The van der Waals surface area contributed by atoms with Crippen LogP contribution < -0.4 is 0 Å². The molecule has 0 saturated heterocycles. The third kappa shape index (κ3) is 4.23. The lowest BCUT2D eigenvalue weighted by Crippen LogP contribution is -1.76. The summed E-state index contributed by atoms with van der Waals surface area (Å²) in [5.74, 6) is 1.83. The average Bonchev–Trinajstić information content (AvgIpc) is 1.35. The van der Waals surface area contributed by atoms with Gasteiger partial charge in [-0.25, -0.2) is 0 Å². The van der Waals surface area contributed by atoms with Crippen molar-refractivity contribution in [2.24, 2.45) is 0 Å². The van der Waals surface area contributed by atoms with Crippen LogP contribution in [0.4, 0.5) is 0 Å². The molecule has 0 amide bonds. The molecule has 0 spiro atoms. The molecule has 0 atom stereocenters. The lowest BCUT2D eigenvalue weighted by molar-refractivity contribution is 2.17. The standard InChI is InChI=1S/C4H9BP/c1-4-6(2,3)5/h4H,1H2,2-3H3/q+1. The Morgan fingerprint density at radius 1 is 1.67 bits per heavy atom. The first-order valence-corrected chi connectivity index (χ1v) is 4.64. The van der Waals surface area contributed by atoms with Crippen LogP contribution in [0.25, 0.3) is 0 Å². The van der Waals surface area contributed by atoms with Crippen LogP contribution in [0.2, 0.25) is 0 Å². The summed E-state index contributed by atoms with van der Waals surface area (Å²) in [5.41, 5.74) is 0. The summed E-state index contributed by atoms with van der Waals surface area (Å²) in [6, 6.07) is 0. The van der Waals surface area contributed by atoms with Crippen LogP contribution in [-0.4, -0.2) is 20.9 Å². The van der Waals surface area contributed by atoms with E-state index < -0.39 is 7.14 Å². The average molecular weight is 98.9 g/mol. The molecule has 2 radical (unpaired) electrons. The van der Waals surface area contributed by atoms with E-state index in [9.17, 15) is 0 Å². The molecule has 2 heteroatoms. The van der Waals surface area contributed by atoms with E-state index in [1.807, 2.05) is 19.1 Å². The third-order valence-corrected chi connectivity index (χ3v) is 1.41. The molecule has 0 bridgehead atoms. The van der Waals surface area contributed by atoms with Crippen molar-refractivity contribution in [1.29, 1.82) is 0 Å². The molecule has 0 fully saturated rings. The van der Waals surface area contributed by atoms with E-state index in [0.717, 1.165) is 0 Å². The summed E-state index contributed by atoms with van der Waals surface area (Å²) < 4.78 is 0. The highest BCUT2D eigenvalue weighted by molar-refractivity contribution is 7.98. The molecule has 0 rings (SSSR count). The highest BCUT2D eigenvalue weighted by Crippen LogP contribution is 2.45. The quantitative estimate of drug-likeness (QED) is 0.345. The van der Waals surface area contributed by atoms with Crippen LogP contribution in [-0.2, 0) is 0 Å². The first kappa shape index (κ1) is 6.23. The normalized spacial score (nSPS) is 11.0. The zero-order valence-electron chi connectivity index (χ0n) is 4.31. The lowest BCUT2D eigenvalue weighted by atomic mass is 10.8. The van der Waals surface area contributed by atoms with Crippen molar-refractivity contribution in [3.8, 4) is 0 Å². The van der Waals surface area contributed by atoms with Crippen molar-refractivity contribution < 1.29 is 0 Å². The van der Waals surface area contributed by atoms with Gasteiger partial charge in [-0.2, -0.15) is 0 Å². The van der Waals surface area contributed by atoms with Crippen molar-refractivity contribution in [1.82, 2.24) is 0 Å². The number of hydrogen-bond donors (Lipinski definition) is 0. The second-order valence-corrected chi connectivity index (χ2v) is 5.43. The van der Waals surface area contributed by atoms with Gasteiger partial charge in [-0.1, -0.05) is 6.58 Å². The second-order valence-electron chi connectivity index (χ2n) is 1.81. The Bertz CT molecular complexity index is 53.1. The highest BCUT2D eigenvalue weighted by Gasteiger charge is 2.09. The van der Waals surface area contributed by atoms with Gasteiger partial charge in [-0.05, 0) is 7.14 Å². The topological polar surface area (TPSA) is 0 Å². The molecule has 0 N–H and O–H groups in total. The molecule has 0 unspecified atom stereocenters. The number of hydrogen-bond acceptors (Lipinski definition) is 0. The van der Waals surface area contributed by atoms with Gasteiger partial charge < -0.3 is 0 Å². The fraction of sp³-hybridized carbons (Fsp3) is 0.500. The van der Waals surface area contributed by atoms with E-state index in [2.05, 4.69) is 6.58 Å². The van der Waals surface area contributed by atoms with Crippen LogP contribution in [0.1, 0.15) is 0 Å². The molecule has 0 aromatic carbocycles. The summed E-state index contributed by atoms with van der Waals surface area (Å²) in [6.45, 7) is 7.58. The maximum absolute atomic E-state index is 5.53. The largest absolute Gasteiger partial charge is 0.369 e. The van der Waals surface area contributed by atoms with E-state index in [1.54, 1.807) is 0 Å². The van der Waals surface area contributed by atoms with Gasteiger partial charge in [0.25, 0.3) is 0 Å². The van der Waals surface area contributed by atoms with Gasteiger partial charge in [0, 0.05) is 19.1 Å². The Balaban J connectivity index is 3.45. The van der Waals surface area contributed by atoms with Gasteiger partial charge in [-0.3, -0.25) is 0 Å². The van der Waals surface area contributed by atoms with E-state index in [1.165, 1.54) is 0 Å². The SMILES string of the molecule is [B][P+](C)(C)C=C. The molecule has 0 saturated carbocycles. The highest BCUT2D eigenvalue weighted by atomic mass is 31.2. The van der Waals surface area contributed by atoms with Gasteiger partial charge in [0.05, 0.1) is 0 Å². The summed E-state index contributed by atoms with van der Waals surface area (Å²) >= 11 is 0. The molecule has 0 nitrogen and oxygen atoms in total. The molecule has 0 aliphatic carbocycles. The summed E-state index contributed by atoms with van der Waals surface area (Å²) in [6.07, 6.45) is 0. The zero-order chi connectivity index (χ0) is 5.21. The van der Waals surface area contributed by atoms with Crippen LogP contribution in [0, 0.1) is 0 Å². The summed E-state index contributed by atoms with van der Waals surface area (Å²) in [7, 11) is 4.40. The summed E-state index contributed by atoms with van der Waals surface area (Å²) in [4.78, 5) is 0. The minimum Gasteiger partial charge on any atom is -0.0658 e. The van der Waals surface area contributed by atoms with E-state index in [0.29, 0.717) is 0 Å². The Hall–Kier alpha value is 0.235. The fourth-order valence-corrected chi connectivity index (χ4v) is 0. The molecule has 6 heavy (non-hydrogen) atoms. The molecular formula is C4H9BP+. The molecule has 0 aromatic heterocycles. The van der Waals surface area contributed by atoms with Gasteiger partial charge in [0.15, 0.2) is 0 Å². The van der Waals surface area contributed by atoms with Crippen molar-refractivity contribution in [3.05, 3.63) is 12.4 Å². The fourth-order valence-electron chi connectivity index (χ4n) is 0. The molecule has 0 aromatic rings. The Labute approximate surface area is 41.3 Å². The van der Waals surface area contributed by atoms with Gasteiger partial charge in [-0.15, -0.1) is 0 Å². The molecule has 32 valence electrons. The first-order chi connectivity index (χ1) is 2.56. The van der Waals surface area contributed by atoms with Crippen molar-refractivity contribution >= 4 is 14.7 Å². The van der Waals surface area contributed by atoms with Crippen molar-refractivity contribution in [2.75, 3.05) is 13.3 Å².